The van der Waals surface area contributed by atoms with Gasteiger partial charge in [0.2, 0.25) is 0 Å². The average molecular weight is 305 g/mol. The Kier molecular flexibility index (Phi) is 4.53. The summed E-state index contributed by atoms with van der Waals surface area (Å²) in [5.41, 5.74) is 2.26. The van der Waals surface area contributed by atoms with Crippen LogP contribution in [0.4, 0.5) is 0 Å². The average Bonchev–Trinajstić information content (AvgIpc) is 2.37. The quantitative estimate of drug-likeness (QED) is 0.837. The van der Waals surface area contributed by atoms with E-state index in [9.17, 15) is 4.79 Å². The monoisotopic (exact) mass is 304 g/mol. The lowest BCUT2D eigenvalue weighted by molar-refractivity contribution is 0.0697. The molecule has 0 heterocycles. The van der Waals surface area contributed by atoms with Crippen LogP contribution in [-0.2, 0) is 0 Å². The highest BCUT2D eigenvalue weighted by atomic mass is 35.5. The molecule has 110 valence electrons. The zero-order valence-electron chi connectivity index (χ0n) is 12.2. The summed E-state index contributed by atoms with van der Waals surface area (Å²) in [7, 11) is 0. The van der Waals surface area contributed by atoms with Crippen LogP contribution in [0.25, 0.3) is 0 Å². The number of hydrogen-bond acceptors (Lipinski definition) is 2. The summed E-state index contributed by atoms with van der Waals surface area (Å²) in [6, 6.07) is 10.6. The minimum atomic E-state index is -1.05. The third-order valence-corrected chi connectivity index (χ3v) is 3.50. The number of rotatable bonds is 4. The highest BCUT2D eigenvalue weighted by molar-refractivity contribution is 6.33. The maximum Gasteiger partial charge on any atom is 0.337 e. The van der Waals surface area contributed by atoms with Gasteiger partial charge in [0.05, 0.1) is 10.6 Å². The Balaban J connectivity index is 2.36. The fourth-order valence-electron chi connectivity index (χ4n) is 2.07. The molecule has 3 nitrogen and oxygen atoms in total. The summed E-state index contributed by atoms with van der Waals surface area (Å²) < 4.78 is 5.89. The van der Waals surface area contributed by atoms with E-state index in [0.717, 1.165) is 16.9 Å². The molecule has 1 N–H and O–H groups in total. The number of ether oxygens (including phenoxy) is 1. The number of halogens is 1. The molecule has 2 rings (SSSR count). The van der Waals surface area contributed by atoms with Crippen molar-refractivity contribution in [2.24, 2.45) is 0 Å². The molecule has 0 amide bonds. The van der Waals surface area contributed by atoms with Crippen LogP contribution in [0.15, 0.2) is 36.4 Å². The highest BCUT2D eigenvalue weighted by Gasteiger charge is 2.12. The third kappa shape index (κ3) is 3.56. The maximum absolute atomic E-state index is 11.0. The van der Waals surface area contributed by atoms with Crippen LogP contribution in [0.2, 0.25) is 5.02 Å². The zero-order valence-corrected chi connectivity index (χ0v) is 12.9. The summed E-state index contributed by atoms with van der Waals surface area (Å²) in [6.45, 7) is 6.19. The van der Waals surface area contributed by atoms with E-state index in [1.165, 1.54) is 12.1 Å². The molecule has 0 fully saturated rings. The van der Waals surface area contributed by atoms with Crippen molar-refractivity contribution in [3.8, 4) is 11.5 Å². The second-order valence-electron chi connectivity index (χ2n) is 5.24. The van der Waals surface area contributed by atoms with Gasteiger partial charge in [0.1, 0.15) is 11.5 Å². The van der Waals surface area contributed by atoms with Crippen LogP contribution >= 0.6 is 11.6 Å². The van der Waals surface area contributed by atoms with E-state index >= 15 is 0 Å². The number of carbonyl (C=O) groups is 1. The van der Waals surface area contributed by atoms with E-state index in [0.29, 0.717) is 11.7 Å². The van der Waals surface area contributed by atoms with Gasteiger partial charge in [-0.05, 0) is 42.2 Å². The first-order chi connectivity index (χ1) is 9.88. The number of aromatic carboxylic acids is 1. The molecule has 0 aliphatic heterocycles. The minimum absolute atomic E-state index is 0.0670. The highest BCUT2D eigenvalue weighted by Crippen LogP contribution is 2.33. The van der Waals surface area contributed by atoms with Crippen LogP contribution < -0.4 is 4.74 Å². The summed E-state index contributed by atoms with van der Waals surface area (Å²) in [5.74, 6) is 0.570. The number of carboxylic acids is 1. The van der Waals surface area contributed by atoms with Gasteiger partial charge in [-0.3, -0.25) is 0 Å². The first-order valence-corrected chi connectivity index (χ1v) is 7.07. The lowest BCUT2D eigenvalue weighted by Gasteiger charge is -2.15. The number of benzene rings is 2. The first kappa shape index (κ1) is 15.4. The van der Waals surface area contributed by atoms with Gasteiger partial charge in [0.15, 0.2) is 0 Å². The van der Waals surface area contributed by atoms with Crippen molar-refractivity contribution in [3.63, 3.8) is 0 Å². The molecule has 0 bridgehead atoms. The SMILES string of the molecule is Cc1ccc(C(C)C)c(Oc2ccc(C(=O)O)c(Cl)c2)c1. The minimum Gasteiger partial charge on any atom is -0.478 e. The van der Waals surface area contributed by atoms with Crippen molar-refractivity contribution in [1.29, 1.82) is 0 Å². The van der Waals surface area contributed by atoms with Crippen molar-refractivity contribution in [1.82, 2.24) is 0 Å². The molecule has 0 aliphatic carbocycles. The molecule has 0 aromatic heterocycles. The molecule has 21 heavy (non-hydrogen) atoms. The third-order valence-electron chi connectivity index (χ3n) is 3.19. The van der Waals surface area contributed by atoms with Crippen LogP contribution in [0.5, 0.6) is 11.5 Å². The second kappa shape index (κ2) is 6.19. The van der Waals surface area contributed by atoms with Gasteiger partial charge in [-0.2, -0.15) is 0 Å². The van der Waals surface area contributed by atoms with E-state index in [4.69, 9.17) is 21.4 Å². The van der Waals surface area contributed by atoms with E-state index < -0.39 is 5.97 Å². The van der Waals surface area contributed by atoms with Gasteiger partial charge in [-0.25, -0.2) is 4.79 Å². The zero-order chi connectivity index (χ0) is 15.6. The van der Waals surface area contributed by atoms with Crippen molar-refractivity contribution < 1.29 is 14.6 Å². The van der Waals surface area contributed by atoms with Crippen LogP contribution in [0.3, 0.4) is 0 Å². The van der Waals surface area contributed by atoms with Gasteiger partial charge in [0, 0.05) is 6.07 Å². The largest absolute Gasteiger partial charge is 0.478 e. The smallest absolute Gasteiger partial charge is 0.337 e. The predicted molar refractivity (Wildman–Crippen MR) is 83.8 cm³/mol. The summed E-state index contributed by atoms with van der Waals surface area (Å²) in [5, 5.41) is 9.14. The fourth-order valence-corrected chi connectivity index (χ4v) is 2.32. The lowest BCUT2D eigenvalue weighted by atomic mass is 10.0. The fraction of sp³-hybridized carbons (Fsp3) is 0.235. The van der Waals surface area contributed by atoms with Crippen molar-refractivity contribution in [2.75, 3.05) is 0 Å². The first-order valence-electron chi connectivity index (χ1n) is 6.69. The van der Waals surface area contributed by atoms with Gasteiger partial charge in [-0.1, -0.05) is 37.6 Å². The lowest BCUT2D eigenvalue weighted by Crippen LogP contribution is -1.98. The molecular weight excluding hydrogens is 288 g/mol. The van der Waals surface area contributed by atoms with Gasteiger partial charge in [-0.15, -0.1) is 0 Å². The Bertz CT molecular complexity index is 678. The topological polar surface area (TPSA) is 46.5 Å². The Hall–Kier alpha value is -2.00. The van der Waals surface area contributed by atoms with Crippen molar-refractivity contribution >= 4 is 17.6 Å². The molecule has 0 saturated carbocycles. The van der Waals surface area contributed by atoms with E-state index in [2.05, 4.69) is 13.8 Å². The standard InChI is InChI=1S/C17H17ClO3/c1-10(2)13-6-4-11(3)8-16(13)21-12-5-7-14(17(19)20)15(18)9-12/h4-10H,1-3H3,(H,19,20). The number of carboxylic acid groups (broad SMARTS) is 1. The van der Waals surface area contributed by atoms with Gasteiger partial charge >= 0.3 is 5.97 Å². The second-order valence-corrected chi connectivity index (χ2v) is 5.65. The van der Waals surface area contributed by atoms with Crippen molar-refractivity contribution in [2.45, 2.75) is 26.7 Å². The molecule has 0 radical (unpaired) electrons. The molecule has 2 aromatic rings. The van der Waals surface area contributed by atoms with Crippen LogP contribution in [0.1, 0.15) is 41.3 Å². The van der Waals surface area contributed by atoms with Crippen LogP contribution in [-0.4, -0.2) is 11.1 Å². The predicted octanol–water partition coefficient (Wildman–Crippen LogP) is 5.26. The molecule has 0 unspecified atom stereocenters. The van der Waals surface area contributed by atoms with E-state index in [-0.39, 0.29) is 10.6 Å². The number of aryl methyl sites for hydroxylation is 1. The van der Waals surface area contributed by atoms with E-state index in [1.54, 1.807) is 6.07 Å². The summed E-state index contributed by atoms with van der Waals surface area (Å²) >= 11 is 5.96. The van der Waals surface area contributed by atoms with Crippen LogP contribution in [0, 0.1) is 6.92 Å². The Morgan fingerprint density at radius 3 is 2.48 bits per heavy atom. The van der Waals surface area contributed by atoms with Gasteiger partial charge in [0.25, 0.3) is 0 Å². The maximum atomic E-state index is 11.0. The normalized spacial score (nSPS) is 10.7. The summed E-state index contributed by atoms with van der Waals surface area (Å²) in [4.78, 5) is 11.0. The molecular formula is C17H17ClO3. The van der Waals surface area contributed by atoms with Crippen molar-refractivity contribution in [3.05, 3.63) is 58.1 Å². The molecule has 2 aromatic carbocycles. The molecule has 0 atom stereocenters. The van der Waals surface area contributed by atoms with Gasteiger partial charge < -0.3 is 9.84 Å². The number of hydrogen-bond donors (Lipinski definition) is 1. The Morgan fingerprint density at radius 2 is 1.90 bits per heavy atom. The molecule has 0 spiro atoms. The Labute approximate surface area is 129 Å². The van der Waals surface area contributed by atoms with E-state index in [1.807, 2.05) is 25.1 Å². The molecule has 0 saturated heterocycles. The molecule has 0 aliphatic rings. The summed E-state index contributed by atoms with van der Waals surface area (Å²) in [6.07, 6.45) is 0. The Morgan fingerprint density at radius 1 is 1.19 bits per heavy atom. The molecule has 4 heteroatoms.